The van der Waals surface area contributed by atoms with Crippen molar-refractivity contribution in [1.29, 1.82) is 0 Å². The number of anilines is 2. The highest BCUT2D eigenvalue weighted by Crippen LogP contribution is 2.39. The van der Waals surface area contributed by atoms with Crippen molar-refractivity contribution < 1.29 is 35.5 Å². The van der Waals surface area contributed by atoms with Crippen molar-refractivity contribution >= 4 is 48.5 Å². The molecule has 0 bridgehead atoms. The van der Waals surface area contributed by atoms with E-state index in [1.165, 1.54) is 7.05 Å². The number of benzene rings is 2. The van der Waals surface area contributed by atoms with E-state index in [1.807, 2.05) is 0 Å². The molecule has 1 saturated heterocycles. The summed E-state index contributed by atoms with van der Waals surface area (Å²) in [5.74, 6) is 4.20. The zero-order valence-electron chi connectivity index (χ0n) is 22.3. The highest BCUT2D eigenvalue weighted by Gasteiger charge is 2.31. The number of carbonyl (C=O) groups excluding carboxylic acids is 1. The average molecular weight is 623 g/mol. The lowest BCUT2D eigenvalue weighted by Crippen LogP contribution is -2.32. The minimum atomic E-state index is -4.48. The van der Waals surface area contributed by atoms with E-state index >= 15 is 0 Å². The van der Waals surface area contributed by atoms with Gasteiger partial charge in [0, 0.05) is 19.2 Å². The Labute approximate surface area is 244 Å². The molecular formula is C28H26F4N4O4S2. The Kier molecular flexibility index (Phi) is 9.49. The van der Waals surface area contributed by atoms with E-state index in [2.05, 4.69) is 32.6 Å². The van der Waals surface area contributed by atoms with Crippen LogP contribution >= 0.6 is 11.3 Å². The molecule has 222 valence electrons. The number of hydrogen-bond acceptors (Lipinski definition) is 7. The second-order valence-corrected chi connectivity index (χ2v) is 12.8. The van der Waals surface area contributed by atoms with E-state index in [4.69, 9.17) is 11.3 Å². The fourth-order valence-corrected chi connectivity index (χ4v) is 7.16. The van der Waals surface area contributed by atoms with E-state index in [0.717, 1.165) is 23.5 Å². The van der Waals surface area contributed by atoms with Gasteiger partial charge in [0.15, 0.2) is 5.75 Å². The van der Waals surface area contributed by atoms with Gasteiger partial charge >= 0.3 is 12.9 Å². The second kappa shape index (κ2) is 12.9. The number of ether oxygens (including phenoxy) is 1. The number of nitrogens with zero attached hydrogens (tertiary/aromatic N) is 1. The van der Waals surface area contributed by atoms with Crippen LogP contribution in [0.5, 0.6) is 5.75 Å². The molecule has 0 radical (unpaired) electrons. The highest BCUT2D eigenvalue weighted by atomic mass is 32.2. The number of alkyl halides is 3. The fourth-order valence-electron chi connectivity index (χ4n) is 4.50. The topological polar surface area (TPSA) is 101 Å². The van der Waals surface area contributed by atoms with Crippen molar-refractivity contribution in [3.63, 3.8) is 0 Å². The summed E-state index contributed by atoms with van der Waals surface area (Å²) >= 11 is 1.11. The molecule has 1 fully saturated rings. The Morgan fingerprint density at radius 2 is 1.95 bits per heavy atom. The first kappa shape index (κ1) is 30.9. The van der Waals surface area contributed by atoms with Gasteiger partial charge in [0.2, 0.25) is 0 Å². The van der Waals surface area contributed by atoms with Crippen molar-refractivity contribution in [3.8, 4) is 17.6 Å². The minimum Gasteiger partial charge on any atom is -0.424 e. The maximum atomic E-state index is 14.5. The molecule has 1 aliphatic rings. The SMILES string of the molecule is [C-]#[N+]COc1cc(C(=O)NC)c(F)cc1NCC#Cc1sc2c(NC3CCS(=O)(=O)CC3)cccc2c1CC(F)(F)F. The molecule has 14 heteroatoms. The van der Waals surface area contributed by atoms with Crippen LogP contribution in [-0.2, 0) is 16.3 Å². The number of amides is 1. The van der Waals surface area contributed by atoms with Crippen LogP contribution in [0.3, 0.4) is 0 Å². The van der Waals surface area contributed by atoms with Crippen LogP contribution in [0.1, 0.15) is 33.6 Å². The Bertz CT molecular complexity index is 1690. The number of thiophene rings is 1. The molecule has 3 N–H and O–H groups in total. The smallest absolute Gasteiger partial charge is 0.393 e. The van der Waals surface area contributed by atoms with Crippen molar-refractivity contribution in [2.24, 2.45) is 0 Å². The summed E-state index contributed by atoms with van der Waals surface area (Å²) in [6, 6.07) is 7.05. The highest BCUT2D eigenvalue weighted by molar-refractivity contribution is 7.91. The van der Waals surface area contributed by atoms with Crippen molar-refractivity contribution in [2.45, 2.75) is 31.5 Å². The standard InChI is InChI=1S/C28H26F4N4O4S2/c1-33-16-40-24-13-19(27(37)34-2)21(29)14-23(24)35-10-4-7-25-20(15-28(30,31)32)18-5-3-6-22(26(18)41-25)36-17-8-11-42(38,39)12-9-17/h3,5-6,13-14,17,35-36H,8-12,15-16H2,2H3,(H,34,37). The number of nitrogens with one attached hydrogen (secondary N) is 3. The summed E-state index contributed by atoms with van der Waals surface area (Å²) in [5, 5.41) is 8.86. The van der Waals surface area contributed by atoms with Crippen LogP contribution in [0.25, 0.3) is 14.9 Å². The molecule has 0 saturated carbocycles. The zero-order chi connectivity index (χ0) is 30.5. The van der Waals surface area contributed by atoms with E-state index in [9.17, 15) is 30.8 Å². The van der Waals surface area contributed by atoms with Crippen molar-refractivity contribution in [1.82, 2.24) is 5.32 Å². The number of rotatable bonds is 8. The van der Waals surface area contributed by atoms with Crippen molar-refractivity contribution in [3.05, 3.63) is 63.6 Å². The van der Waals surface area contributed by atoms with Crippen LogP contribution < -0.4 is 20.7 Å². The van der Waals surface area contributed by atoms with Crippen molar-refractivity contribution in [2.75, 3.05) is 42.5 Å². The number of sulfone groups is 1. The summed E-state index contributed by atoms with van der Waals surface area (Å²) in [4.78, 5) is 15.2. The average Bonchev–Trinajstić information content (AvgIpc) is 3.27. The number of fused-ring (bicyclic) bond motifs is 1. The molecule has 0 spiro atoms. The first-order valence-corrected chi connectivity index (χ1v) is 15.4. The van der Waals surface area contributed by atoms with Crippen LogP contribution in [0.4, 0.5) is 28.9 Å². The van der Waals surface area contributed by atoms with E-state index < -0.39 is 34.2 Å². The Morgan fingerprint density at radius 3 is 2.62 bits per heavy atom. The predicted molar refractivity (Wildman–Crippen MR) is 154 cm³/mol. The molecule has 1 aliphatic heterocycles. The molecule has 0 atom stereocenters. The molecular weight excluding hydrogens is 596 g/mol. The molecule has 1 amide bonds. The quantitative estimate of drug-likeness (QED) is 0.181. The summed E-state index contributed by atoms with van der Waals surface area (Å²) in [5.41, 5.74) is 0.484. The summed E-state index contributed by atoms with van der Waals surface area (Å²) in [7, 11) is -1.73. The first-order valence-electron chi connectivity index (χ1n) is 12.7. The van der Waals surface area contributed by atoms with Gasteiger partial charge in [-0.25, -0.2) is 19.4 Å². The van der Waals surface area contributed by atoms with Crippen LogP contribution in [0, 0.1) is 24.2 Å². The number of carbonyl (C=O) groups is 1. The van der Waals surface area contributed by atoms with Gasteiger partial charge in [-0.05, 0) is 35.9 Å². The minimum absolute atomic E-state index is 0.0342. The van der Waals surface area contributed by atoms with Gasteiger partial charge in [-0.1, -0.05) is 24.0 Å². The molecule has 0 unspecified atom stereocenters. The van der Waals surface area contributed by atoms with E-state index in [1.54, 1.807) is 18.2 Å². The molecule has 4 rings (SSSR count). The first-order chi connectivity index (χ1) is 19.9. The lowest BCUT2D eigenvalue weighted by atomic mass is 10.1. The Morgan fingerprint density at radius 1 is 1.21 bits per heavy atom. The van der Waals surface area contributed by atoms with Gasteiger partial charge in [0.25, 0.3) is 5.91 Å². The maximum Gasteiger partial charge on any atom is 0.393 e. The maximum absolute atomic E-state index is 14.5. The second-order valence-electron chi connectivity index (χ2n) is 9.45. The van der Waals surface area contributed by atoms with Crippen LogP contribution in [0.15, 0.2) is 30.3 Å². The normalized spacial score (nSPS) is 14.9. The molecule has 0 aliphatic carbocycles. The molecule has 2 aromatic carbocycles. The van der Waals surface area contributed by atoms with Gasteiger partial charge in [-0.15, -0.1) is 11.3 Å². The lowest BCUT2D eigenvalue weighted by Gasteiger charge is -2.24. The van der Waals surface area contributed by atoms with E-state index in [0.29, 0.717) is 28.6 Å². The van der Waals surface area contributed by atoms with Gasteiger partial charge in [-0.3, -0.25) is 9.64 Å². The Hall–Kier alpha value is -4.01. The largest absolute Gasteiger partial charge is 0.424 e. The molecule has 8 nitrogen and oxygen atoms in total. The summed E-state index contributed by atoms with van der Waals surface area (Å²) in [6.45, 7) is 6.45. The molecule has 42 heavy (non-hydrogen) atoms. The number of halogens is 4. The van der Waals surface area contributed by atoms with Gasteiger partial charge in [0.1, 0.15) is 15.7 Å². The van der Waals surface area contributed by atoms with Crippen LogP contribution in [0.2, 0.25) is 0 Å². The molecule has 2 heterocycles. The predicted octanol–water partition coefficient (Wildman–Crippen LogP) is 5.21. The van der Waals surface area contributed by atoms with E-state index in [-0.39, 0.29) is 58.3 Å². The van der Waals surface area contributed by atoms with Gasteiger partial charge in [0.05, 0.1) is 51.0 Å². The fraction of sp³-hybridized carbons (Fsp3) is 0.357. The Balaban J connectivity index is 1.61. The molecule has 1 aromatic heterocycles. The third-order valence-electron chi connectivity index (χ3n) is 6.50. The van der Waals surface area contributed by atoms with Crippen LogP contribution in [-0.4, -0.2) is 58.4 Å². The summed E-state index contributed by atoms with van der Waals surface area (Å²) < 4.78 is 84.7. The lowest BCUT2D eigenvalue weighted by molar-refractivity contribution is -0.126. The monoisotopic (exact) mass is 622 g/mol. The van der Waals surface area contributed by atoms with Gasteiger partial charge < -0.3 is 20.7 Å². The third kappa shape index (κ3) is 7.63. The number of hydrogen-bond donors (Lipinski definition) is 3. The summed E-state index contributed by atoms with van der Waals surface area (Å²) in [6.07, 6.45) is -4.85. The van der Waals surface area contributed by atoms with Gasteiger partial charge in [-0.2, -0.15) is 13.2 Å². The molecule has 3 aromatic rings. The zero-order valence-corrected chi connectivity index (χ0v) is 24.0. The third-order valence-corrected chi connectivity index (χ3v) is 9.42.